The van der Waals surface area contributed by atoms with Crippen molar-refractivity contribution in [2.75, 3.05) is 5.32 Å². The van der Waals surface area contributed by atoms with Crippen LogP contribution in [0.5, 0.6) is 0 Å². The van der Waals surface area contributed by atoms with Crippen LogP contribution in [-0.4, -0.2) is 18.0 Å². The van der Waals surface area contributed by atoms with E-state index in [9.17, 15) is 9.59 Å². The number of nitrogens with zero attached hydrogens (tertiary/aromatic N) is 1. The number of hydrogen-bond acceptors (Lipinski definition) is 3. The standard InChI is InChI=1S/C19H20BrN3O2/c1-13-5-3-8-17(14(13)2)22-18(24)9-10-19(25)23-21-12-15-6-4-7-16(20)11-15/h3-8,11-12H,9-10H2,1-2H3,(H,22,24)(H,23,25). The van der Waals surface area contributed by atoms with E-state index < -0.39 is 0 Å². The summed E-state index contributed by atoms with van der Waals surface area (Å²) in [5.74, 6) is -0.498. The predicted molar refractivity (Wildman–Crippen MR) is 104 cm³/mol. The minimum absolute atomic E-state index is 0.0759. The van der Waals surface area contributed by atoms with E-state index in [1.54, 1.807) is 6.21 Å². The molecule has 0 spiro atoms. The second-order valence-electron chi connectivity index (χ2n) is 5.64. The van der Waals surface area contributed by atoms with Crippen LogP contribution in [0.2, 0.25) is 0 Å². The zero-order valence-corrected chi connectivity index (χ0v) is 15.8. The van der Waals surface area contributed by atoms with Crippen molar-refractivity contribution in [1.82, 2.24) is 5.43 Å². The zero-order chi connectivity index (χ0) is 18.2. The molecule has 2 aromatic carbocycles. The Labute approximate surface area is 155 Å². The molecular formula is C19H20BrN3O2. The van der Waals surface area contributed by atoms with Gasteiger partial charge in [0, 0.05) is 23.0 Å². The fraction of sp³-hybridized carbons (Fsp3) is 0.211. The lowest BCUT2D eigenvalue weighted by molar-refractivity contribution is -0.124. The Kier molecular flexibility index (Phi) is 6.89. The van der Waals surface area contributed by atoms with Gasteiger partial charge in [0.15, 0.2) is 0 Å². The number of amides is 2. The zero-order valence-electron chi connectivity index (χ0n) is 14.2. The first-order valence-electron chi connectivity index (χ1n) is 7.89. The topological polar surface area (TPSA) is 70.6 Å². The number of nitrogens with one attached hydrogen (secondary N) is 2. The number of anilines is 1. The van der Waals surface area contributed by atoms with Gasteiger partial charge >= 0.3 is 0 Å². The van der Waals surface area contributed by atoms with Gasteiger partial charge in [0.05, 0.1) is 6.21 Å². The molecule has 25 heavy (non-hydrogen) atoms. The van der Waals surface area contributed by atoms with Crippen molar-refractivity contribution < 1.29 is 9.59 Å². The smallest absolute Gasteiger partial charge is 0.240 e. The van der Waals surface area contributed by atoms with Crippen molar-refractivity contribution in [1.29, 1.82) is 0 Å². The molecule has 2 aromatic rings. The van der Waals surface area contributed by atoms with Gasteiger partial charge in [-0.2, -0.15) is 5.10 Å². The number of aryl methyl sites for hydroxylation is 1. The molecule has 2 N–H and O–H groups in total. The van der Waals surface area contributed by atoms with Crippen molar-refractivity contribution >= 4 is 39.6 Å². The lowest BCUT2D eigenvalue weighted by atomic mass is 10.1. The van der Waals surface area contributed by atoms with Gasteiger partial charge in [-0.05, 0) is 48.7 Å². The third-order valence-corrected chi connectivity index (χ3v) is 4.20. The van der Waals surface area contributed by atoms with E-state index in [1.165, 1.54) is 0 Å². The second-order valence-corrected chi connectivity index (χ2v) is 6.56. The Morgan fingerprint density at radius 3 is 2.56 bits per heavy atom. The molecule has 6 heteroatoms. The first kappa shape index (κ1) is 18.9. The maximum atomic E-state index is 12.0. The molecule has 0 heterocycles. The van der Waals surface area contributed by atoms with Crippen molar-refractivity contribution in [2.45, 2.75) is 26.7 Å². The molecule has 0 aliphatic carbocycles. The number of benzene rings is 2. The van der Waals surface area contributed by atoms with Crippen molar-refractivity contribution in [2.24, 2.45) is 5.10 Å². The summed E-state index contributed by atoms with van der Waals surface area (Å²) < 4.78 is 0.936. The molecule has 0 atom stereocenters. The SMILES string of the molecule is Cc1cccc(NC(=O)CCC(=O)NN=Cc2cccc(Br)c2)c1C. The van der Waals surface area contributed by atoms with Gasteiger partial charge in [-0.1, -0.05) is 40.2 Å². The van der Waals surface area contributed by atoms with E-state index in [-0.39, 0.29) is 24.7 Å². The summed E-state index contributed by atoms with van der Waals surface area (Å²) in [4.78, 5) is 23.7. The maximum Gasteiger partial charge on any atom is 0.240 e. The van der Waals surface area contributed by atoms with Gasteiger partial charge in [-0.3, -0.25) is 9.59 Å². The molecule has 0 radical (unpaired) electrons. The maximum absolute atomic E-state index is 12.0. The Morgan fingerprint density at radius 1 is 1.08 bits per heavy atom. The Hall–Kier alpha value is -2.47. The van der Waals surface area contributed by atoms with E-state index in [1.807, 2.05) is 56.3 Å². The van der Waals surface area contributed by atoms with Crippen LogP contribution in [0, 0.1) is 13.8 Å². The number of carbonyl (C=O) groups excluding carboxylic acids is 2. The van der Waals surface area contributed by atoms with Crippen LogP contribution in [0.1, 0.15) is 29.5 Å². The monoisotopic (exact) mass is 401 g/mol. The van der Waals surface area contributed by atoms with Crippen LogP contribution < -0.4 is 10.7 Å². The molecular weight excluding hydrogens is 382 g/mol. The van der Waals surface area contributed by atoms with Crippen molar-refractivity contribution in [3.63, 3.8) is 0 Å². The molecule has 0 saturated carbocycles. The number of hydrogen-bond donors (Lipinski definition) is 2. The lowest BCUT2D eigenvalue weighted by Crippen LogP contribution is -2.21. The number of halogens is 1. The van der Waals surface area contributed by atoms with Crippen molar-refractivity contribution in [3.8, 4) is 0 Å². The second kappa shape index (κ2) is 9.13. The fourth-order valence-corrected chi connectivity index (χ4v) is 2.56. The first-order valence-corrected chi connectivity index (χ1v) is 8.68. The van der Waals surface area contributed by atoms with E-state index >= 15 is 0 Å². The Morgan fingerprint density at radius 2 is 1.80 bits per heavy atom. The van der Waals surface area contributed by atoms with Crippen LogP contribution in [0.15, 0.2) is 52.0 Å². The molecule has 0 saturated heterocycles. The van der Waals surface area contributed by atoms with Crippen LogP contribution in [0.3, 0.4) is 0 Å². The normalized spacial score (nSPS) is 10.7. The van der Waals surface area contributed by atoms with Crippen LogP contribution >= 0.6 is 15.9 Å². The van der Waals surface area contributed by atoms with Gasteiger partial charge in [0.25, 0.3) is 0 Å². The molecule has 0 aromatic heterocycles. The lowest BCUT2D eigenvalue weighted by Gasteiger charge is -2.10. The number of carbonyl (C=O) groups is 2. The molecule has 2 amide bonds. The molecule has 130 valence electrons. The van der Waals surface area contributed by atoms with E-state index in [4.69, 9.17) is 0 Å². The highest BCUT2D eigenvalue weighted by molar-refractivity contribution is 9.10. The summed E-state index contributed by atoms with van der Waals surface area (Å²) >= 11 is 3.37. The Bertz CT molecular complexity index is 803. The van der Waals surface area contributed by atoms with Gasteiger partial charge in [-0.25, -0.2) is 5.43 Å². The summed E-state index contributed by atoms with van der Waals surface area (Å²) in [5.41, 5.74) is 6.20. The van der Waals surface area contributed by atoms with E-state index in [2.05, 4.69) is 31.8 Å². The molecule has 0 unspecified atom stereocenters. The van der Waals surface area contributed by atoms with Gasteiger partial charge < -0.3 is 5.32 Å². The minimum Gasteiger partial charge on any atom is -0.326 e. The third-order valence-electron chi connectivity index (χ3n) is 3.71. The predicted octanol–water partition coefficient (Wildman–Crippen LogP) is 3.93. The van der Waals surface area contributed by atoms with E-state index in [0.717, 1.165) is 26.9 Å². The summed E-state index contributed by atoms with van der Waals surface area (Å²) in [6.07, 6.45) is 1.73. The highest BCUT2D eigenvalue weighted by Crippen LogP contribution is 2.18. The minimum atomic E-state index is -0.303. The summed E-state index contributed by atoms with van der Waals surface area (Å²) in [5, 5.41) is 6.73. The highest BCUT2D eigenvalue weighted by atomic mass is 79.9. The molecule has 0 bridgehead atoms. The van der Waals surface area contributed by atoms with Gasteiger partial charge in [0.2, 0.25) is 11.8 Å². The molecule has 0 fully saturated rings. The fourth-order valence-electron chi connectivity index (χ4n) is 2.15. The quantitative estimate of drug-likeness (QED) is 0.568. The third kappa shape index (κ3) is 6.15. The van der Waals surface area contributed by atoms with Crippen molar-refractivity contribution in [3.05, 3.63) is 63.6 Å². The van der Waals surface area contributed by atoms with E-state index in [0.29, 0.717) is 0 Å². The van der Waals surface area contributed by atoms with Gasteiger partial charge in [-0.15, -0.1) is 0 Å². The molecule has 0 aliphatic heterocycles. The molecule has 2 rings (SSSR count). The molecule has 0 aliphatic rings. The van der Waals surface area contributed by atoms with Crippen LogP contribution in [0.25, 0.3) is 0 Å². The first-order chi connectivity index (χ1) is 12.0. The van der Waals surface area contributed by atoms with Crippen LogP contribution in [-0.2, 0) is 9.59 Å². The van der Waals surface area contributed by atoms with Gasteiger partial charge in [0.1, 0.15) is 0 Å². The summed E-state index contributed by atoms with van der Waals surface area (Å²) in [6, 6.07) is 13.3. The highest BCUT2D eigenvalue weighted by Gasteiger charge is 2.08. The molecule has 5 nitrogen and oxygen atoms in total. The number of hydrazone groups is 1. The van der Waals surface area contributed by atoms with Crippen LogP contribution in [0.4, 0.5) is 5.69 Å². The summed E-state index contributed by atoms with van der Waals surface area (Å²) in [6.45, 7) is 3.94. The average molecular weight is 402 g/mol. The number of rotatable bonds is 6. The largest absolute Gasteiger partial charge is 0.326 e. The average Bonchev–Trinajstić information content (AvgIpc) is 2.57. The summed E-state index contributed by atoms with van der Waals surface area (Å²) in [7, 11) is 0. The Balaban J connectivity index is 1.77.